The summed E-state index contributed by atoms with van der Waals surface area (Å²) in [6, 6.07) is 22.0. The van der Waals surface area contributed by atoms with E-state index in [-0.39, 0.29) is 39.6 Å². The van der Waals surface area contributed by atoms with Gasteiger partial charge in [0.05, 0.1) is 6.61 Å². The molecular weight excluding hydrogens is 684 g/mol. The molecule has 0 aliphatic carbocycles. The first kappa shape index (κ1) is 43.5. The first-order chi connectivity index (χ1) is 25.7. The van der Waals surface area contributed by atoms with Gasteiger partial charge in [0, 0.05) is 44.2 Å². The van der Waals surface area contributed by atoms with Crippen LogP contribution >= 0.6 is 0 Å². The van der Waals surface area contributed by atoms with Crippen molar-refractivity contribution in [1.29, 1.82) is 0 Å². The molecule has 54 heavy (non-hydrogen) atoms. The Kier molecular flexibility index (Phi) is 16.6. The molecule has 0 aliphatic heterocycles. The lowest BCUT2D eigenvalue weighted by atomic mass is 9.68. The monoisotopic (exact) mass is 742 g/mol. The van der Waals surface area contributed by atoms with Crippen LogP contribution in [0, 0.1) is 0 Å². The molecule has 3 aromatic carbocycles. The zero-order chi connectivity index (χ0) is 39.9. The Morgan fingerprint density at radius 1 is 0.630 bits per heavy atom. The van der Waals surface area contributed by atoms with Crippen molar-refractivity contribution in [3.63, 3.8) is 0 Å². The number of rotatable bonds is 23. The molecule has 0 radical (unpaired) electrons. The molecule has 0 fully saturated rings. The molecular formula is C45H58O9. The number of carbonyl (C=O) groups excluding carboxylic acids is 2. The van der Waals surface area contributed by atoms with Crippen LogP contribution < -0.4 is 14.2 Å². The number of carbonyl (C=O) groups is 2. The van der Waals surface area contributed by atoms with E-state index in [0.29, 0.717) is 40.4 Å². The number of hydrogen-bond donors (Lipinski definition) is 1. The molecule has 9 nitrogen and oxygen atoms in total. The minimum Gasteiger partial charge on any atom is -0.491 e. The molecule has 1 N–H and O–H groups in total. The Morgan fingerprint density at radius 2 is 1.07 bits per heavy atom. The topological polar surface area (TPSA) is 110 Å². The van der Waals surface area contributed by atoms with Gasteiger partial charge in [-0.05, 0) is 51.3 Å². The molecule has 0 saturated heterocycles. The Labute approximate surface area is 321 Å². The smallest absolute Gasteiger partial charge is 0.333 e. The highest BCUT2D eigenvalue weighted by atomic mass is 16.6. The summed E-state index contributed by atoms with van der Waals surface area (Å²) in [5.74, 6) is 1.09. The Morgan fingerprint density at radius 3 is 1.56 bits per heavy atom. The van der Waals surface area contributed by atoms with Crippen molar-refractivity contribution in [3.05, 3.63) is 125 Å². The maximum absolute atomic E-state index is 12.3. The third-order valence-corrected chi connectivity index (χ3v) is 9.50. The van der Waals surface area contributed by atoms with Gasteiger partial charge in [-0.15, -0.1) is 0 Å². The number of aliphatic hydroxyl groups is 1. The van der Waals surface area contributed by atoms with Gasteiger partial charge in [0.15, 0.2) is 6.29 Å². The van der Waals surface area contributed by atoms with E-state index in [4.69, 9.17) is 28.4 Å². The number of benzene rings is 3. The highest BCUT2D eigenvalue weighted by Crippen LogP contribution is 2.50. The first-order valence-corrected chi connectivity index (χ1v) is 18.5. The van der Waals surface area contributed by atoms with E-state index < -0.39 is 29.1 Å². The zero-order valence-corrected chi connectivity index (χ0v) is 33.1. The van der Waals surface area contributed by atoms with Gasteiger partial charge in [-0.1, -0.05) is 108 Å². The lowest BCUT2D eigenvalue weighted by molar-refractivity contribution is -0.140. The van der Waals surface area contributed by atoms with E-state index in [9.17, 15) is 14.7 Å². The van der Waals surface area contributed by atoms with Gasteiger partial charge in [-0.25, -0.2) is 9.59 Å². The Bertz CT molecular complexity index is 1760. The van der Waals surface area contributed by atoms with E-state index in [1.165, 1.54) is 0 Å². The second kappa shape index (κ2) is 20.6. The van der Waals surface area contributed by atoms with E-state index in [0.717, 1.165) is 35.1 Å². The molecule has 3 aromatic rings. The Balaban J connectivity index is 2.15. The largest absolute Gasteiger partial charge is 0.491 e. The third kappa shape index (κ3) is 11.1. The zero-order valence-electron chi connectivity index (χ0n) is 33.1. The molecule has 0 saturated carbocycles. The average molecular weight is 743 g/mol. The summed E-state index contributed by atoms with van der Waals surface area (Å²) < 4.78 is 35.6. The molecule has 9 heteroatoms. The standard InChI is InChI=1S/C45H58O9/c1-11-24-45(10,35-19-14-16-23-39(35)50-26-29-53-42(47)32(5)6)37-21-17-20-36(40(37)51-27-30-54-43(48)33(7)8)44(9,12-2)34-18-13-15-22-38(34)49-25-28-52-41(46)31(3)4/h13-23,42,47H,3,5,7,11-12,24-30H2,1-2,4,6,8-10H3. The molecule has 0 heterocycles. The van der Waals surface area contributed by atoms with Crippen molar-refractivity contribution in [3.8, 4) is 17.2 Å². The fourth-order valence-electron chi connectivity index (χ4n) is 6.36. The van der Waals surface area contributed by atoms with Crippen LogP contribution in [0.15, 0.2) is 103 Å². The van der Waals surface area contributed by atoms with Crippen molar-refractivity contribution in [1.82, 2.24) is 0 Å². The summed E-state index contributed by atoms with van der Waals surface area (Å²) in [5, 5.41) is 10.1. The molecule has 3 unspecified atom stereocenters. The molecule has 0 amide bonds. The summed E-state index contributed by atoms with van der Waals surface area (Å²) in [5.41, 5.74) is 3.73. The van der Waals surface area contributed by atoms with E-state index in [2.05, 4.69) is 71.7 Å². The fourth-order valence-corrected chi connectivity index (χ4v) is 6.36. The normalized spacial score (nSPS) is 13.8. The molecule has 0 aromatic heterocycles. The van der Waals surface area contributed by atoms with Crippen LogP contribution in [-0.2, 0) is 34.6 Å². The summed E-state index contributed by atoms with van der Waals surface area (Å²) in [4.78, 5) is 24.3. The Hall–Kier alpha value is -4.86. The van der Waals surface area contributed by atoms with Gasteiger partial charge in [-0.3, -0.25) is 0 Å². The number of ether oxygens (including phenoxy) is 6. The molecule has 0 aliphatic rings. The van der Waals surface area contributed by atoms with E-state index in [1.54, 1.807) is 20.8 Å². The minimum atomic E-state index is -1.06. The van der Waals surface area contributed by atoms with Crippen molar-refractivity contribution >= 4 is 11.9 Å². The average Bonchev–Trinajstić information content (AvgIpc) is 3.16. The quantitative estimate of drug-likeness (QED) is 0.0335. The predicted octanol–water partition coefficient (Wildman–Crippen LogP) is 8.79. The van der Waals surface area contributed by atoms with Gasteiger partial charge in [0.2, 0.25) is 0 Å². The second-order valence-electron chi connectivity index (χ2n) is 13.9. The van der Waals surface area contributed by atoms with Crippen LogP contribution in [0.4, 0.5) is 0 Å². The van der Waals surface area contributed by atoms with Crippen molar-refractivity contribution in [2.45, 2.75) is 84.8 Å². The van der Waals surface area contributed by atoms with Gasteiger partial charge in [0.25, 0.3) is 0 Å². The van der Waals surface area contributed by atoms with Crippen LogP contribution in [0.25, 0.3) is 0 Å². The van der Waals surface area contributed by atoms with Crippen molar-refractivity contribution in [2.75, 3.05) is 39.6 Å². The van der Waals surface area contributed by atoms with Gasteiger partial charge in [0.1, 0.15) is 50.3 Å². The summed E-state index contributed by atoms with van der Waals surface area (Å²) in [6.07, 6.45) is 1.24. The third-order valence-electron chi connectivity index (χ3n) is 9.50. The number of hydrogen-bond acceptors (Lipinski definition) is 9. The highest BCUT2D eigenvalue weighted by molar-refractivity contribution is 5.87. The second-order valence-corrected chi connectivity index (χ2v) is 13.9. The van der Waals surface area contributed by atoms with Gasteiger partial charge < -0.3 is 33.5 Å². The van der Waals surface area contributed by atoms with Crippen LogP contribution in [-0.4, -0.2) is 63.0 Å². The SMILES string of the molecule is C=C(C)C(=O)OCCOc1ccccc1C(C)(CC)c1cccc(C(C)(CCC)c2ccccc2OCCOC(O)C(=C)C)c1OCCOC(=O)C(=C)C. The van der Waals surface area contributed by atoms with E-state index in [1.807, 2.05) is 42.5 Å². The van der Waals surface area contributed by atoms with Crippen molar-refractivity contribution < 1.29 is 43.1 Å². The van der Waals surface area contributed by atoms with Crippen LogP contribution in [0.3, 0.4) is 0 Å². The van der Waals surface area contributed by atoms with Crippen LogP contribution in [0.1, 0.15) is 90.0 Å². The maximum Gasteiger partial charge on any atom is 0.333 e. The summed E-state index contributed by atoms with van der Waals surface area (Å²) in [6.45, 7) is 25.4. The highest BCUT2D eigenvalue weighted by Gasteiger charge is 2.39. The lowest BCUT2D eigenvalue weighted by Gasteiger charge is -2.38. The van der Waals surface area contributed by atoms with Crippen molar-refractivity contribution in [2.24, 2.45) is 0 Å². The molecule has 292 valence electrons. The minimum absolute atomic E-state index is 0.0329. The first-order valence-electron chi connectivity index (χ1n) is 18.5. The maximum atomic E-state index is 12.3. The van der Waals surface area contributed by atoms with Gasteiger partial charge >= 0.3 is 11.9 Å². The van der Waals surface area contributed by atoms with E-state index >= 15 is 0 Å². The predicted molar refractivity (Wildman–Crippen MR) is 212 cm³/mol. The number of para-hydroxylation sites is 3. The number of esters is 2. The lowest BCUT2D eigenvalue weighted by Crippen LogP contribution is -2.30. The van der Waals surface area contributed by atoms with Gasteiger partial charge in [-0.2, -0.15) is 0 Å². The molecule has 0 bridgehead atoms. The molecule has 3 atom stereocenters. The molecule has 3 rings (SSSR count). The van der Waals surface area contributed by atoms with Crippen LogP contribution in [0.5, 0.6) is 17.2 Å². The fraction of sp³-hybridized carbons (Fsp3) is 0.422. The summed E-state index contributed by atoms with van der Waals surface area (Å²) >= 11 is 0. The van der Waals surface area contributed by atoms with Crippen LogP contribution in [0.2, 0.25) is 0 Å². The summed E-state index contributed by atoms with van der Waals surface area (Å²) in [7, 11) is 0. The number of aliphatic hydroxyl groups excluding tert-OH is 1. The molecule has 0 spiro atoms.